The number of ether oxygens (including phenoxy) is 2. The van der Waals surface area contributed by atoms with Crippen molar-refractivity contribution >= 4 is 17.3 Å². The van der Waals surface area contributed by atoms with Crippen LogP contribution < -0.4 is 10.5 Å². The van der Waals surface area contributed by atoms with E-state index < -0.39 is 10.9 Å². The van der Waals surface area contributed by atoms with Crippen molar-refractivity contribution < 1.29 is 19.2 Å². The number of aryl methyl sites for hydroxylation is 2. The summed E-state index contributed by atoms with van der Waals surface area (Å²) < 4.78 is 10.6. The molecule has 0 fully saturated rings. The van der Waals surface area contributed by atoms with E-state index in [1.54, 1.807) is 0 Å². The number of hydrogen-bond donors (Lipinski definition) is 1. The van der Waals surface area contributed by atoms with Crippen LogP contribution in [0.4, 0.5) is 11.4 Å². The van der Waals surface area contributed by atoms with E-state index in [1.807, 2.05) is 32.0 Å². The molecular formula is C17H18N2O5. The number of benzene rings is 2. The van der Waals surface area contributed by atoms with E-state index in [-0.39, 0.29) is 30.2 Å². The number of nitrogens with two attached hydrogens (primary N) is 1. The number of rotatable bonds is 6. The summed E-state index contributed by atoms with van der Waals surface area (Å²) in [7, 11) is 0. The Labute approximate surface area is 139 Å². The second-order valence-corrected chi connectivity index (χ2v) is 5.34. The molecule has 0 unspecified atom stereocenters. The van der Waals surface area contributed by atoms with E-state index in [9.17, 15) is 14.9 Å². The predicted molar refractivity (Wildman–Crippen MR) is 89.2 cm³/mol. The summed E-state index contributed by atoms with van der Waals surface area (Å²) in [5.74, 6) is 0.0359. The Hall–Kier alpha value is -3.09. The fourth-order valence-electron chi connectivity index (χ4n) is 2.22. The van der Waals surface area contributed by atoms with E-state index in [2.05, 4.69) is 0 Å². The molecule has 2 rings (SSSR count). The summed E-state index contributed by atoms with van der Waals surface area (Å²) in [6.07, 6.45) is 0. The highest BCUT2D eigenvalue weighted by Crippen LogP contribution is 2.22. The second-order valence-electron chi connectivity index (χ2n) is 5.34. The van der Waals surface area contributed by atoms with Gasteiger partial charge in [0.15, 0.2) is 0 Å². The SMILES string of the molecule is Cc1cc(C)cc(OCCOC(=O)c2ccc(N)c([N+](=O)[O-])c2)c1. The number of carbonyl (C=O) groups is 1. The minimum absolute atomic E-state index is 0.00491. The molecule has 7 heteroatoms. The molecule has 7 nitrogen and oxygen atoms in total. The van der Waals surface area contributed by atoms with Crippen molar-refractivity contribution in [3.8, 4) is 5.75 Å². The van der Waals surface area contributed by atoms with Crippen LogP contribution in [0.15, 0.2) is 36.4 Å². The molecule has 0 bridgehead atoms. The zero-order valence-corrected chi connectivity index (χ0v) is 13.4. The fourth-order valence-corrected chi connectivity index (χ4v) is 2.22. The van der Waals surface area contributed by atoms with Gasteiger partial charge in [0, 0.05) is 6.07 Å². The second kappa shape index (κ2) is 7.45. The van der Waals surface area contributed by atoms with Gasteiger partial charge in [-0.1, -0.05) is 6.07 Å². The summed E-state index contributed by atoms with van der Waals surface area (Å²) in [4.78, 5) is 22.1. The van der Waals surface area contributed by atoms with Crippen molar-refractivity contribution in [1.29, 1.82) is 0 Å². The number of nitro benzene ring substituents is 1. The lowest BCUT2D eigenvalue weighted by molar-refractivity contribution is -0.383. The highest BCUT2D eigenvalue weighted by Gasteiger charge is 2.16. The van der Waals surface area contributed by atoms with Gasteiger partial charge in [-0.15, -0.1) is 0 Å². The molecule has 0 aliphatic heterocycles. The van der Waals surface area contributed by atoms with E-state index in [1.165, 1.54) is 12.1 Å². The lowest BCUT2D eigenvalue weighted by Crippen LogP contribution is -2.13. The van der Waals surface area contributed by atoms with Crippen molar-refractivity contribution in [3.63, 3.8) is 0 Å². The molecule has 2 aromatic carbocycles. The first-order valence-electron chi connectivity index (χ1n) is 7.29. The molecule has 0 spiro atoms. The van der Waals surface area contributed by atoms with Crippen molar-refractivity contribution in [2.45, 2.75) is 13.8 Å². The maximum atomic E-state index is 11.9. The molecular weight excluding hydrogens is 312 g/mol. The van der Waals surface area contributed by atoms with Gasteiger partial charge < -0.3 is 15.2 Å². The quantitative estimate of drug-likeness (QED) is 0.287. The molecule has 2 N–H and O–H groups in total. The molecule has 24 heavy (non-hydrogen) atoms. The number of anilines is 1. The highest BCUT2D eigenvalue weighted by molar-refractivity contribution is 5.91. The first-order valence-corrected chi connectivity index (χ1v) is 7.29. The van der Waals surface area contributed by atoms with E-state index in [4.69, 9.17) is 15.2 Å². The summed E-state index contributed by atoms with van der Waals surface area (Å²) in [5.41, 5.74) is 7.39. The average Bonchev–Trinajstić information content (AvgIpc) is 2.50. The molecule has 0 aliphatic rings. The first-order chi connectivity index (χ1) is 11.4. The Bertz CT molecular complexity index is 753. The summed E-state index contributed by atoms with van der Waals surface area (Å²) in [6, 6.07) is 9.59. The lowest BCUT2D eigenvalue weighted by Gasteiger charge is -2.09. The monoisotopic (exact) mass is 330 g/mol. The third-order valence-corrected chi connectivity index (χ3v) is 3.24. The van der Waals surface area contributed by atoms with E-state index in [0.717, 1.165) is 17.2 Å². The molecule has 0 aromatic heterocycles. The number of carbonyl (C=O) groups excluding carboxylic acids is 1. The number of hydrogen-bond acceptors (Lipinski definition) is 6. The van der Waals surface area contributed by atoms with Crippen LogP contribution in [0.1, 0.15) is 21.5 Å². The van der Waals surface area contributed by atoms with Crippen molar-refractivity contribution in [1.82, 2.24) is 0 Å². The third-order valence-electron chi connectivity index (χ3n) is 3.24. The van der Waals surface area contributed by atoms with Crippen molar-refractivity contribution in [3.05, 3.63) is 63.2 Å². The molecule has 2 aromatic rings. The number of nitro groups is 1. The first kappa shape index (κ1) is 17.3. The van der Waals surface area contributed by atoms with Crippen LogP contribution in [-0.2, 0) is 4.74 Å². The zero-order valence-electron chi connectivity index (χ0n) is 13.4. The maximum Gasteiger partial charge on any atom is 0.338 e. The molecule has 0 heterocycles. The Morgan fingerprint density at radius 2 is 1.79 bits per heavy atom. The predicted octanol–water partition coefficient (Wildman–Crippen LogP) is 3.03. The minimum atomic E-state index is -0.665. The van der Waals surface area contributed by atoms with Gasteiger partial charge in [-0.2, -0.15) is 0 Å². The minimum Gasteiger partial charge on any atom is -0.490 e. The van der Waals surface area contributed by atoms with Gasteiger partial charge in [0.05, 0.1) is 10.5 Å². The molecule has 0 amide bonds. The average molecular weight is 330 g/mol. The normalized spacial score (nSPS) is 10.2. The molecule has 0 radical (unpaired) electrons. The smallest absolute Gasteiger partial charge is 0.338 e. The number of nitrogen functional groups attached to an aromatic ring is 1. The summed E-state index contributed by atoms with van der Waals surface area (Å²) >= 11 is 0. The van der Waals surface area contributed by atoms with Crippen LogP contribution in [0.2, 0.25) is 0 Å². The van der Waals surface area contributed by atoms with Gasteiger partial charge in [0.1, 0.15) is 24.7 Å². The van der Waals surface area contributed by atoms with Gasteiger partial charge in [0.25, 0.3) is 5.69 Å². The zero-order chi connectivity index (χ0) is 17.7. The van der Waals surface area contributed by atoms with E-state index in [0.29, 0.717) is 5.75 Å². The van der Waals surface area contributed by atoms with Crippen LogP contribution in [0.25, 0.3) is 0 Å². The number of nitrogens with zero attached hydrogens (tertiary/aromatic N) is 1. The maximum absolute atomic E-state index is 11.9. The van der Waals surface area contributed by atoms with Crippen LogP contribution in [-0.4, -0.2) is 24.1 Å². The largest absolute Gasteiger partial charge is 0.490 e. The standard InChI is InChI=1S/C17H18N2O5/c1-11-7-12(2)9-14(8-11)23-5-6-24-17(20)13-3-4-15(18)16(10-13)19(21)22/h3-4,7-10H,5-6,18H2,1-2H3. The Kier molecular flexibility index (Phi) is 5.36. The Morgan fingerprint density at radius 3 is 2.42 bits per heavy atom. The Morgan fingerprint density at radius 1 is 1.12 bits per heavy atom. The molecule has 126 valence electrons. The van der Waals surface area contributed by atoms with E-state index >= 15 is 0 Å². The molecule has 0 saturated heterocycles. The van der Waals surface area contributed by atoms with Crippen LogP contribution in [0.5, 0.6) is 5.75 Å². The number of esters is 1. The van der Waals surface area contributed by atoms with Gasteiger partial charge in [-0.25, -0.2) is 4.79 Å². The van der Waals surface area contributed by atoms with Crippen LogP contribution in [0.3, 0.4) is 0 Å². The summed E-state index contributed by atoms with van der Waals surface area (Å²) in [6.45, 7) is 4.15. The fraction of sp³-hybridized carbons (Fsp3) is 0.235. The van der Waals surface area contributed by atoms with Crippen molar-refractivity contribution in [2.24, 2.45) is 0 Å². The highest BCUT2D eigenvalue weighted by atomic mass is 16.6. The Balaban J connectivity index is 1.89. The molecule has 0 saturated carbocycles. The van der Waals surface area contributed by atoms with Gasteiger partial charge in [-0.3, -0.25) is 10.1 Å². The van der Waals surface area contributed by atoms with Gasteiger partial charge in [0.2, 0.25) is 0 Å². The van der Waals surface area contributed by atoms with Crippen LogP contribution in [0, 0.1) is 24.0 Å². The molecule has 0 aliphatic carbocycles. The molecule has 0 atom stereocenters. The van der Waals surface area contributed by atoms with Gasteiger partial charge >= 0.3 is 5.97 Å². The lowest BCUT2D eigenvalue weighted by atomic mass is 10.1. The van der Waals surface area contributed by atoms with Crippen LogP contribution >= 0.6 is 0 Å². The van der Waals surface area contributed by atoms with Gasteiger partial charge in [-0.05, 0) is 49.2 Å². The summed E-state index contributed by atoms with van der Waals surface area (Å²) in [5, 5.41) is 10.8. The topological polar surface area (TPSA) is 105 Å². The van der Waals surface area contributed by atoms with Crippen molar-refractivity contribution in [2.75, 3.05) is 18.9 Å². The third kappa shape index (κ3) is 4.45.